The summed E-state index contributed by atoms with van der Waals surface area (Å²) in [5.74, 6) is -2.11. The number of aromatic nitrogens is 2. The maximum Gasteiger partial charge on any atom is 0.353 e. The molecule has 2 aromatic heterocycles. The molecule has 0 fully saturated rings. The van der Waals surface area contributed by atoms with Gasteiger partial charge in [0, 0.05) is 21.8 Å². The van der Waals surface area contributed by atoms with Crippen LogP contribution < -0.4 is 0 Å². The molecule has 0 aliphatic carbocycles. The van der Waals surface area contributed by atoms with Crippen LogP contribution >= 0.6 is 21.6 Å². The zero-order valence-electron chi connectivity index (χ0n) is 13.1. The number of benzene rings is 2. The Labute approximate surface area is 155 Å². The molecule has 130 valence electrons. The topological polar surface area (TPSA) is 106 Å². The number of hydrogen-bond donors (Lipinski definition) is 4. The number of aromatic amines is 2. The molecular weight excluding hydrogens is 372 g/mol. The molecule has 0 radical (unpaired) electrons. The molecule has 4 rings (SSSR count). The van der Waals surface area contributed by atoms with Gasteiger partial charge in [-0.3, -0.25) is 0 Å². The Morgan fingerprint density at radius 2 is 1.08 bits per heavy atom. The van der Waals surface area contributed by atoms with E-state index in [1.165, 1.54) is 21.6 Å². The van der Waals surface area contributed by atoms with Gasteiger partial charge >= 0.3 is 11.9 Å². The van der Waals surface area contributed by atoms with Gasteiger partial charge in [-0.2, -0.15) is 0 Å². The highest BCUT2D eigenvalue weighted by molar-refractivity contribution is 8.76. The lowest BCUT2D eigenvalue weighted by molar-refractivity contribution is 0.0677. The van der Waals surface area contributed by atoms with Crippen LogP contribution in [0.4, 0.5) is 0 Å². The molecule has 6 nitrogen and oxygen atoms in total. The predicted octanol–water partition coefficient (Wildman–Crippen LogP) is 4.85. The van der Waals surface area contributed by atoms with Crippen LogP contribution in [0.25, 0.3) is 21.8 Å². The van der Waals surface area contributed by atoms with E-state index in [1.807, 2.05) is 48.5 Å². The second kappa shape index (κ2) is 6.47. The zero-order chi connectivity index (χ0) is 18.3. The normalized spacial score (nSPS) is 11.2. The Kier molecular flexibility index (Phi) is 4.14. The third-order valence-corrected chi connectivity index (χ3v) is 6.47. The minimum Gasteiger partial charge on any atom is -0.477 e. The van der Waals surface area contributed by atoms with Crippen molar-refractivity contribution in [2.24, 2.45) is 0 Å². The second-order valence-electron chi connectivity index (χ2n) is 5.53. The maximum atomic E-state index is 11.6. The summed E-state index contributed by atoms with van der Waals surface area (Å²) in [4.78, 5) is 30.1. The number of H-pyrrole nitrogens is 2. The van der Waals surface area contributed by atoms with E-state index in [0.29, 0.717) is 9.79 Å². The number of nitrogens with one attached hydrogen (secondary N) is 2. The molecule has 4 N–H and O–H groups in total. The van der Waals surface area contributed by atoms with E-state index in [0.717, 1.165) is 21.8 Å². The Balaban J connectivity index is 1.79. The first kappa shape index (κ1) is 16.6. The fourth-order valence-electron chi connectivity index (χ4n) is 2.79. The van der Waals surface area contributed by atoms with Crippen molar-refractivity contribution in [3.63, 3.8) is 0 Å². The van der Waals surface area contributed by atoms with E-state index in [-0.39, 0.29) is 11.4 Å². The van der Waals surface area contributed by atoms with Crippen LogP contribution in [0.2, 0.25) is 0 Å². The summed E-state index contributed by atoms with van der Waals surface area (Å²) in [5.41, 5.74) is 1.65. The molecule has 8 heteroatoms. The summed E-state index contributed by atoms with van der Waals surface area (Å²) in [5, 5.41) is 20.6. The quantitative estimate of drug-likeness (QED) is 0.367. The largest absolute Gasteiger partial charge is 0.477 e. The van der Waals surface area contributed by atoms with E-state index in [1.54, 1.807) is 0 Å². The average Bonchev–Trinajstić information content (AvgIpc) is 3.18. The first-order valence-corrected chi connectivity index (χ1v) is 9.73. The lowest BCUT2D eigenvalue weighted by Gasteiger charge is -2.02. The molecule has 2 heterocycles. The summed E-state index contributed by atoms with van der Waals surface area (Å²) in [6.07, 6.45) is 0. The fraction of sp³-hybridized carbons (Fsp3) is 0. The number of rotatable bonds is 5. The van der Waals surface area contributed by atoms with Gasteiger partial charge in [0.25, 0.3) is 0 Å². The molecule has 26 heavy (non-hydrogen) atoms. The number of carboxylic acids is 2. The van der Waals surface area contributed by atoms with Crippen LogP contribution in [0.5, 0.6) is 0 Å². The van der Waals surface area contributed by atoms with E-state index in [9.17, 15) is 19.8 Å². The van der Waals surface area contributed by atoms with Crippen molar-refractivity contribution >= 4 is 55.3 Å². The van der Waals surface area contributed by atoms with Gasteiger partial charge < -0.3 is 20.2 Å². The zero-order valence-corrected chi connectivity index (χ0v) is 14.8. The summed E-state index contributed by atoms with van der Waals surface area (Å²) in [7, 11) is 2.47. The lowest BCUT2D eigenvalue weighted by Crippen LogP contribution is -1.98. The van der Waals surface area contributed by atoms with E-state index >= 15 is 0 Å². The predicted molar refractivity (Wildman–Crippen MR) is 102 cm³/mol. The second-order valence-corrected chi connectivity index (χ2v) is 7.68. The Bertz CT molecular complexity index is 1070. The van der Waals surface area contributed by atoms with Crippen molar-refractivity contribution in [2.75, 3.05) is 0 Å². The molecule has 2 aromatic carbocycles. The first-order chi connectivity index (χ1) is 12.6. The van der Waals surface area contributed by atoms with Crippen LogP contribution in [0.15, 0.2) is 58.3 Å². The van der Waals surface area contributed by atoms with Gasteiger partial charge in [-0.05, 0) is 33.7 Å². The third-order valence-electron chi connectivity index (χ3n) is 3.95. The molecule has 0 unspecified atom stereocenters. The monoisotopic (exact) mass is 384 g/mol. The van der Waals surface area contributed by atoms with Crippen LogP contribution in [0.1, 0.15) is 21.0 Å². The average molecular weight is 384 g/mol. The van der Waals surface area contributed by atoms with Crippen molar-refractivity contribution < 1.29 is 19.8 Å². The van der Waals surface area contributed by atoms with Gasteiger partial charge in [-0.15, -0.1) is 0 Å². The summed E-state index contributed by atoms with van der Waals surface area (Å²) in [6.45, 7) is 0. The van der Waals surface area contributed by atoms with Crippen molar-refractivity contribution in [2.45, 2.75) is 9.79 Å². The number of aromatic carboxylic acids is 2. The van der Waals surface area contributed by atoms with Crippen molar-refractivity contribution in [3.8, 4) is 0 Å². The Morgan fingerprint density at radius 1 is 0.692 bits per heavy atom. The van der Waals surface area contributed by atoms with E-state index in [4.69, 9.17) is 0 Å². The van der Waals surface area contributed by atoms with Gasteiger partial charge in [-0.1, -0.05) is 36.4 Å². The van der Waals surface area contributed by atoms with Gasteiger partial charge in [0.2, 0.25) is 0 Å². The van der Waals surface area contributed by atoms with Crippen molar-refractivity contribution in [1.82, 2.24) is 9.97 Å². The maximum absolute atomic E-state index is 11.6. The van der Waals surface area contributed by atoms with Gasteiger partial charge in [0.1, 0.15) is 11.4 Å². The van der Waals surface area contributed by atoms with Crippen molar-refractivity contribution in [3.05, 3.63) is 59.9 Å². The minimum atomic E-state index is -1.05. The summed E-state index contributed by atoms with van der Waals surface area (Å²) < 4.78 is 0. The third kappa shape index (κ3) is 2.73. The van der Waals surface area contributed by atoms with E-state index < -0.39 is 11.9 Å². The standard InChI is InChI=1S/C18H12N2O4S2/c21-17(22)13-15(9-5-1-3-7-11(9)19-13)25-26-16-10-6-2-4-8-12(10)20-14(16)18(23)24/h1-8,19-20H,(H,21,22)(H,23,24). The molecule has 0 aliphatic heterocycles. The Hall–Kier alpha value is -2.84. The lowest BCUT2D eigenvalue weighted by atomic mass is 10.2. The molecular formula is C18H12N2O4S2. The van der Waals surface area contributed by atoms with Gasteiger partial charge in [0.15, 0.2) is 0 Å². The SMILES string of the molecule is O=C(O)c1[nH]c2ccccc2c1SSc1c(C(=O)O)[nH]c2ccccc12. The highest BCUT2D eigenvalue weighted by atomic mass is 33.1. The molecule has 0 amide bonds. The number of carbonyl (C=O) groups is 2. The molecule has 0 saturated carbocycles. The highest BCUT2D eigenvalue weighted by Crippen LogP contribution is 2.46. The smallest absolute Gasteiger partial charge is 0.353 e. The molecule has 0 bridgehead atoms. The number of para-hydroxylation sites is 2. The molecule has 4 aromatic rings. The molecule has 0 atom stereocenters. The molecule has 0 aliphatic rings. The minimum absolute atomic E-state index is 0.0976. The van der Waals surface area contributed by atoms with Crippen LogP contribution in [0, 0.1) is 0 Å². The van der Waals surface area contributed by atoms with Crippen LogP contribution in [-0.4, -0.2) is 32.1 Å². The fourth-order valence-corrected chi connectivity index (χ4v) is 5.47. The molecule has 0 saturated heterocycles. The van der Waals surface area contributed by atoms with E-state index in [2.05, 4.69) is 9.97 Å². The van der Waals surface area contributed by atoms with Crippen LogP contribution in [0.3, 0.4) is 0 Å². The Morgan fingerprint density at radius 3 is 1.46 bits per heavy atom. The first-order valence-electron chi connectivity index (χ1n) is 7.59. The number of fused-ring (bicyclic) bond motifs is 2. The molecule has 0 spiro atoms. The van der Waals surface area contributed by atoms with Crippen molar-refractivity contribution in [1.29, 1.82) is 0 Å². The summed E-state index contributed by atoms with van der Waals surface area (Å²) >= 11 is 0. The number of carboxylic acid groups (broad SMARTS) is 2. The summed E-state index contributed by atoms with van der Waals surface area (Å²) in [6, 6.07) is 14.6. The van der Waals surface area contributed by atoms with Crippen LogP contribution in [-0.2, 0) is 0 Å². The van der Waals surface area contributed by atoms with Gasteiger partial charge in [0.05, 0.1) is 9.79 Å². The number of hydrogen-bond acceptors (Lipinski definition) is 4. The van der Waals surface area contributed by atoms with Gasteiger partial charge in [-0.25, -0.2) is 9.59 Å². The highest BCUT2D eigenvalue weighted by Gasteiger charge is 2.22.